The highest BCUT2D eigenvalue weighted by Crippen LogP contribution is 2.43. The van der Waals surface area contributed by atoms with Gasteiger partial charge in [0, 0.05) is 10.3 Å². The van der Waals surface area contributed by atoms with Crippen molar-refractivity contribution in [2.45, 2.75) is 25.2 Å². The fourth-order valence-electron chi connectivity index (χ4n) is 7.11. The zero-order chi connectivity index (χ0) is 33.2. The SMILES string of the molecule is CC.CS.Sc1cccc2ccc3c(-c4ccc5cc(-c6cccc(-c7ccc8ccccc8c7)c6)ccc5c4)c4c(cc3c12)CC=C4. The topological polar surface area (TPSA) is 0 Å². The molecule has 0 fully saturated rings. The van der Waals surface area contributed by atoms with Crippen molar-refractivity contribution in [3.63, 3.8) is 0 Å². The summed E-state index contributed by atoms with van der Waals surface area (Å²) in [7, 11) is 0. The lowest BCUT2D eigenvalue weighted by atomic mass is 9.88. The van der Waals surface area contributed by atoms with E-state index in [0.717, 1.165) is 11.3 Å². The van der Waals surface area contributed by atoms with Gasteiger partial charge in [-0.1, -0.05) is 129 Å². The number of rotatable bonds is 3. The maximum absolute atomic E-state index is 4.87. The smallest absolute Gasteiger partial charge is 0.0125 e. The van der Waals surface area contributed by atoms with Crippen molar-refractivity contribution in [3.8, 4) is 33.4 Å². The molecule has 0 amide bonds. The fraction of sp³-hybridized carbons (Fsp3) is 0.0870. The van der Waals surface area contributed by atoms with E-state index in [2.05, 4.69) is 164 Å². The molecule has 0 heterocycles. The van der Waals surface area contributed by atoms with E-state index < -0.39 is 0 Å². The maximum atomic E-state index is 4.87. The molecule has 1 aliphatic rings. The first-order chi connectivity index (χ1) is 23.7. The lowest BCUT2D eigenvalue weighted by Gasteiger charge is -2.16. The van der Waals surface area contributed by atoms with Crippen LogP contribution in [0.2, 0.25) is 0 Å². The second-order valence-corrected chi connectivity index (χ2v) is 12.4. The lowest BCUT2D eigenvalue weighted by Crippen LogP contribution is -1.92. The molecule has 0 aliphatic heterocycles. The molecule has 0 aromatic heterocycles. The van der Waals surface area contributed by atoms with Crippen LogP contribution in [0.1, 0.15) is 25.0 Å². The number of benzene rings is 8. The average molecular weight is 655 g/mol. The quantitative estimate of drug-likeness (QED) is 0.137. The lowest BCUT2D eigenvalue weighted by molar-refractivity contribution is 1.32. The first-order valence-electron chi connectivity index (χ1n) is 16.6. The molecule has 0 spiro atoms. The average Bonchev–Trinajstić information content (AvgIpc) is 3.63. The van der Waals surface area contributed by atoms with Crippen LogP contribution in [-0.2, 0) is 6.42 Å². The molecule has 234 valence electrons. The monoisotopic (exact) mass is 654 g/mol. The number of hydrogen-bond acceptors (Lipinski definition) is 2. The Kier molecular flexibility index (Phi) is 9.13. The van der Waals surface area contributed by atoms with E-state index >= 15 is 0 Å². The standard InChI is InChI=1S/C43H28S.C2H6.CH4S/c44-41-13-5-8-28-20-21-39-40(43(28)41)26-36-11-4-12-38(36)42(39)37-19-18-34-24-33(16-17-35(34)25-37)31-10-3-9-30(23-31)32-15-14-27-6-1-2-7-29(27)22-32;2*1-2/h1-10,12-26,44H,11H2;1-2H3;2H,1H3. The zero-order valence-electron chi connectivity index (χ0n) is 27.5. The Balaban J connectivity index is 0.000000880. The van der Waals surface area contributed by atoms with Crippen LogP contribution >= 0.6 is 25.3 Å². The van der Waals surface area contributed by atoms with Gasteiger partial charge in [-0.2, -0.15) is 12.6 Å². The van der Waals surface area contributed by atoms with E-state index in [-0.39, 0.29) is 0 Å². The highest BCUT2D eigenvalue weighted by Gasteiger charge is 2.18. The largest absolute Gasteiger partial charge is 0.183 e. The van der Waals surface area contributed by atoms with E-state index in [1.165, 1.54) is 87.6 Å². The molecule has 0 unspecified atom stereocenters. The van der Waals surface area contributed by atoms with Crippen LogP contribution in [0.3, 0.4) is 0 Å². The predicted octanol–water partition coefficient (Wildman–Crippen LogP) is 13.7. The van der Waals surface area contributed by atoms with Crippen molar-refractivity contribution in [2.24, 2.45) is 0 Å². The summed E-state index contributed by atoms with van der Waals surface area (Å²) in [6.45, 7) is 4.00. The first-order valence-corrected chi connectivity index (χ1v) is 18.0. The minimum absolute atomic E-state index is 0.971. The molecular weight excluding hydrogens is 617 g/mol. The number of fused-ring (bicyclic) bond motifs is 6. The van der Waals surface area contributed by atoms with Crippen molar-refractivity contribution in [3.05, 3.63) is 157 Å². The fourth-order valence-corrected chi connectivity index (χ4v) is 7.45. The van der Waals surface area contributed by atoms with Crippen molar-refractivity contribution >= 4 is 74.4 Å². The molecule has 0 saturated heterocycles. The van der Waals surface area contributed by atoms with Crippen LogP contribution in [0.4, 0.5) is 0 Å². The Bertz CT molecular complexity index is 2480. The molecular formula is C46H38S2. The second kappa shape index (κ2) is 13.8. The van der Waals surface area contributed by atoms with Gasteiger partial charge in [-0.3, -0.25) is 0 Å². The third kappa shape index (κ3) is 5.70. The summed E-state index contributed by atoms with van der Waals surface area (Å²) in [6.07, 6.45) is 7.26. The van der Waals surface area contributed by atoms with Gasteiger partial charge in [0.2, 0.25) is 0 Å². The summed E-state index contributed by atoms with van der Waals surface area (Å²) in [5, 5.41) is 10.1. The number of hydrogen-bond donors (Lipinski definition) is 2. The second-order valence-electron chi connectivity index (χ2n) is 11.9. The Morgan fingerprint density at radius 2 is 1.00 bits per heavy atom. The first kappa shape index (κ1) is 31.8. The van der Waals surface area contributed by atoms with Crippen LogP contribution < -0.4 is 0 Å². The van der Waals surface area contributed by atoms with Gasteiger partial charge in [0.25, 0.3) is 0 Å². The van der Waals surface area contributed by atoms with Gasteiger partial charge in [0.05, 0.1) is 0 Å². The summed E-state index contributed by atoms with van der Waals surface area (Å²) in [5.74, 6) is 0. The molecule has 8 aromatic rings. The van der Waals surface area contributed by atoms with Crippen LogP contribution in [0.15, 0.2) is 150 Å². The maximum Gasteiger partial charge on any atom is 0.0125 e. The molecule has 0 N–H and O–H groups in total. The third-order valence-corrected chi connectivity index (χ3v) is 9.67. The summed E-state index contributed by atoms with van der Waals surface area (Å²) >= 11 is 8.39. The summed E-state index contributed by atoms with van der Waals surface area (Å²) < 4.78 is 0. The molecule has 48 heavy (non-hydrogen) atoms. The Labute approximate surface area is 294 Å². The molecule has 2 heteroatoms. The highest BCUT2D eigenvalue weighted by atomic mass is 32.1. The molecule has 8 aromatic carbocycles. The van der Waals surface area contributed by atoms with Crippen molar-refractivity contribution < 1.29 is 0 Å². The highest BCUT2D eigenvalue weighted by molar-refractivity contribution is 7.80. The molecule has 0 atom stereocenters. The third-order valence-electron chi connectivity index (χ3n) is 9.30. The van der Waals surface area contributed by atoms with Crippen LogP contribution in [-0.4, -0.2) is 6.26 Å². The van der Waals surface area contributed by atoms with Crippen LogP contribution in [0, 0.1) is 0 Å². The Morgan fingerprint density at radius 1 is 0.458 bits per heavy atom. The van der Waals surface area contributed by atoms with E-state index in [9.17, 15) is 0 Å². The van der Waals surface area contributed by atoms with Gasteiger partial charge in [-0.05, 0) is 131 Å². The van der Waals surface area contributed by atoms with Gasteiger partial charge < -0.3 is 0 Å². The van der Waals surface area contributed by atoms with Gasteiger partial charge in [0.15, 0.2) is 0 Å². The predicted molar refractivity (Wildman–Crippen MR) is 219 cm³/mol. The van der Waals surface area contributed by atoms with Gasteiger partial charge in [-0.15, -0.1) is 12.6 Å². The van der Waals surface area contributed by atoms with Crippen LogP contribution in [0.25, 0.3) is 82.5 Å². The van der Waals surface area contributed by atoms with Gasteiger partial charge in [0.1, 0.15) is 0 Å². The molecule has 0 nitrogen and oxygen atoms in total. The van der Waals surface area contributed by atoms with Crippen molar-refractivity contribution in [1.29, 1.82) is 0 Å². The van der Waals surface area contributed by atoms with E-state index in [4.69, 9.17) is 12.6 Å². The van der Waals surface area contributed by atoms with E-state index in [1.807, 2.05) is 13.8 Å². The van der Waals surface area contributed by atoms with Gasteiger partial charge in [-0.25, -0.2) is 0 Å². The minimum atomic E-state index is 0.971. The molecule has 9 rings (SSSR count). The number of thiol groups is 2. The summed E-state index contributed by atoms with van der Waals surface area (Å²) in [5.41, 5.74) is 10.2. The normalized spacial score (nSPS) is 11.7. The minimum Gasteiger partial charge on any atom is -0.183 e. The molecule has 0 bridgehead atoms. The Hall–Kier alpha value is -4.76. The van der Waals surface area contributed by atoms with Gasteiger partial charge >= 0.3 is 0 Å². The number of allylic oxidation sites excluding steroid dienone is 1. The van der Waals surface area contributed by atoms with E-state index in [1.54, 1.807) is 6.26 Å². The van der Waals surface area contributed by atoms with Crippen molar-refractivity contribution in [2.75, 3.05) is 6.26 Å². The molecule has 1 aliphatic carbocycles. The zero-order valence-corrected chi connectivity index (χ0v) is 29.3. The Morgan fingerprint density at radius 3 is 1.73 bits per heavy atom. The summed E-state index contributed by atoms with van der Waals surface area (Å²) in [6, 6.07) is 51.3. The van der Waals surface area contributed by atoms with Crippen molar-refractivity contribution in [1.82, 2.24) is 0 Å². The molecule has 0 saturated carbocycles. The summed E-state index contributed by atoms with van der Waals surface area (Å²) in [4.78, 5) is 1.03. The molecule has 0 radical (unpaired) electrons. The van der Waals surface area contributed by atoms with E-state index in [0.29, 0.717) is 0 Å². The van der Waals surface area contributed by atoms with Crippen LogP contribution in [0.5, 0.6) is 0 Å².